The van der Waals surface area contributed by atoms with E-state index in [0.29, 0.717) is 6.61 Å². The van der Waals surface area contributed by atoms with Gasteiger partial charge >= 0.3 is 0 Å². The molecule has 16 heavy (non-hydrogen) atoms. The van der Waals surface area contributed by atoms with E-state index in [-0.39, 0.29) is 36.3 Å². The molecular formula is C11H21ClN2O2. The van der Waals surface area contributed by atoms with Crippen molar-refractivity contribution in [3.63, 3.8) is 0 Å². The first kappa shape index (κ1) is 13.7. The molecule has 0 aromatic rings. The molecule has 3 unspecified atom stereocenters. The number of halogens is 1. The Balaban J connectivity index is 0.00000128. The summed E-state index contributed by atoms with van der Waals surface area (Å²) in [7, 11) is 0. The molecule has 2 aliphatic rings. The summed E-state index contributed by atoms with van der Waals surface area (Å²) < 4.78 is 5.33. The van der Waals surface area contributed by atoms with E-state index in [1.165, 1.54) is 0 Å². The Bertz CT molecular complexity index is 232. The van der Waals surface area contributed by atoms with Crippen LogP contribution < -0.4 is 11.1 Å². The molecule has 2 rings (SSSR count). The largest absolute Gasteiger partial charge is 0.379 e. The van der Waals surface area contributed by atoms with Crippen molar-refractivity contribution in [2.24, 2.45) is 11.7 Å². The molecule has 1 aliphatic heterocycles. The zero-order valence-corrected chi connectivity index (χ0v) is 10.3. The van der Waals surface area contributed by atoms with Gasteiger partial charge in [-0.15, -0.1) is 12.4 Å². The quantitative estimate of drug-likeness (QED) is 0.761. The number of nitrogens with one attached hydrogen (secondary N) is 1. The highest BCUT2D eigenvalue weighted by atomic mass is 35.5. The minimum absolute atomic E-state index is 0. The highest BCUT2D eigenvalue weighted by molar-refractivity contribution is 5.85. The molecule has 1 amide bonds. The predicted octanol–water partition coefficient (Wildman–Crippen LogP) is 0.831. The predicted molar refractivity (Wildman–Crippen MR) is 64.5 cm³/mol. The summed E-state index contributed by atoms with van der Waals surface area (Å²) in [6.45, 7) is 1.51. The summed E-state index contributed by atoms with van der Waals surface area (Å²) in [4.78, 5) is 11.8. The fraction of sp³-hybridized carbons (Fsp3) is 0.909. The number of carbonyl (C=O) groups is 1. The number of ether oxygens (including phenoxy) is 1. The molecule has 94 valence electrons. The first-order valence-electron chi connectivity index (χ1n) is 5.89. The summed E-state index contributed by atoms with van der Waals surface area (Å²) >= 11 is 0. The second-order valence-corrected chi connectivity index (χ2v) is 4.69. The highest BCUT2D eigenvalue weighted by Crippen LogP contribution is 2.24. The van der Waals surface area contributed by atoms with Crippen molar-refractivity contribution in [2.45, 2.75) is 44.2 Å². The Morgan fingerprint density at radius 2 is 2.12 bits per heavy atom. The normalized spacial score (nSPS) is 34.2. The number of rotatable bonds is 2. The van der Waals surface area contributed by atoms with Gasteiger partial charge in [-0.05, 0) is 32.1 Å². The Hall–Kier alpha value is -0.320. The van der Waals surface area contributed by atoms with Crippen LogP contribution >= 0.6 is 12.4 Å². The lowest BCUT2D eigenvalue weighted by atomic mass is 10.0. The smallest absolute Gasteiger partial charge is 0.223 e. The highest BCUT2D eigenvalue weighted by Gasteiger charge is 2.29. The van der Waals surface area contributed by atoms with Crippen molar-refractivity contribution >= 4 is 18.3 Å². The van der Waals surface area contributed by atoms with Crippen molar-refractivity contribution in [2.75, 3.05) is 13.2 Å². The van der Waals surface area contributed by atoms with E-state index in [1.807, 2.05) is 0 Å². The molecule has 0 bridgehead atoms. The van der Waals surface area contributed by atoms with Crippen LogP contribution in [-0.4, -0.2) is 31.2 Å². The fourth-order valence-corrected chi connectivity index (χ4v) is 2.43. The summed E-state index contributed by atoms with van der Waals surface area (Å²) in [6, 6.07) is 0.450. The van der Waals surface area contributed by atoms with E-state index in [2.05, 4.69) is 5.32 Å². The van der Waals surface area contributed by atoms with Crippen LogP contribution in [0.4, 0.5) is 0 Å². The first-order valence-corrected chi connectivity index (χ1v) is 5.89. The van der Waals surface area contributed by atoms with E-state index in [9.17, 15) is 4.79 Å². The van der Waals surface area contributed by atoms with Crippen LogP contribution in [0.2, 0.25) is 0 Å². The van der Waals surface area contributed by atoms with Gasteiger partial charge < -0.3 is 15.8 Å². The lowest BCUT2D eigenvalue weighted by molar-refractivity contribution is -0.126. The molecule has 0 aromatic carbocycles. The Morgan fingerprint density at radius 3 is 2.69 bits per heavy atom. The SMILES string of the molecule is Cl.NC1CCC(C(=O)NC2CCCOC2)C1. The average molecular weight is 249 g/mol. The molecule has 1 saturated carbocycles. The third-order valence-corrected chi connectivity index (χ3v) is 3.35. The van der Waals surface area contributed by atoms with Gasteiger partial charge in [0, 0.05) is 18.6 Å². The minimum atomic E-state index is 0. The zero-order chi connectivity index (χ0) is 10.7. The third kappa shape index (κ3) is 3.61. The standard InChI is InChI=1S/C11H20N2O2.ClH/c12-9-4-3-8(6-9)11(14)13-10-2-1-5-15-7-10;/h8-10H,1-7,12H2,(H,13,14);1H. The maximum atomic E-state index is 11.8. The van der Waals surface area contributed by atoms with Crippen LogP contribution in [0.5, 0.6) is 0 Å². The molecule has 1 aliphatic carbocycles. The van der Waals surface area contributed by atoms with E-state index in [4.69, 9.17) is 10.5 Å². The van der Waals surface area contributed by atoms with E-state index < -0.39 is 0 Å². The Labute approximate surface area is 103 Å². The zero-order valence-electron chi connectivity index (χ0n) is 9.48. The van der Waals surface area contributed by atoms with Crippen molar-refractivity contribution in [1.29, 1.82) is 0 Å². The molecule has 0 aromatic heterocycles. The van der Waals surface area contributed by atoms with Crippen LogP contribution in [0, 0.1) is 5.92 Å². The molecule has 0 radical (unpaired) electrons. The Kier molecular flexibility index (Phi) is 5.52. The number of amides is 1. The van der Waals surface area contributed by atoms with Gasteiger partial charge in [-0.1, -0.05) is 0 Å². The summed E-state index contributed by atoms with van der Waals surface area (Å²) in [5.41, 5.74) is 5.79. The molecule has 5 heteroatoms. The van der Waals surface area contributed by atoms with Gasteiger partial charge in [0.2, 0.25) is 5.91 Å². The molecule has 1 heterocycles. The van der Waals surface area contributed by atoms with Gasteiger partial charge in [-0.2, -0.15) is 0 Å². The molecule has 3 N–H and O–H groups in total. The molecule has 1 saturated heterocycles. The van der Waals surface area contributed by atoms with Gasteiger partial charge in [0.05, 0.1) is 12.6 Å². The van der Waals surface area contributed by atoms with Crippen LogP contribution in [0.15, 0.2) is 0 Å². The van der Waals surface area contributed by atoms with E-state index in [0.717, 1.165) is 38.7 Å². The van der Waals surface area contributed by atoms with Gasteiger partial charge in [0.15, 0.2) is 0 Å². The number of nitrogens with two attached hydrogens (primary N) is 1. The van der Waals surface area contributed by atoms with Crippen molar-refractivity contribution < 1.29 is 9.53 Å². The second-order valence-electron chi connectivity index (χ2n) is 4.69. The summed E-state index contributed by atoms with van der Waals surface area (Å²) in [6.07, 6.45) is 4.87. The molecule has 0 spiro atoms. The maximum Gasteiger partial charge on any atom is 0.223 e. The topological polar surface area (TPSA) is 64.4 Å². The van der Waals surface area contributed by atoms with Gasteiger partial charge in [0.25, 0.3) is 0 Å². The van der Waals surface area contributed by atoms with Gasteiger partial charge in [-0.3, -0.25) is 4.79 Å². The first-order chi connectivity index (χ1) is 7.25. The average Bonchev–Trinajstić information content (AvgIpc) is 2.66. The van der Waals surface area contributed by atoms with Crippen LogP contribution in [0.25, 0.3) is 0 Å². The fourth-order valence-electron chi connectivity index (χ4n) is 2.43. The van der Waals surface area contributed by atoms with E-state index >= 15 is 0 Å². The third-order valence-electron chi connectivity index (χ3n) is 3.35. The number of hydrogen-bond donors (Lipinski definition) is 2. The number of carbonyl (C=O) groups excluding carboxylic acids is 1. The van der Waals surface area contributed by atoms with Crippen molar-refractivity contribution in [1.82, 2.24) is 5.32 Å². The number of hydrogen-bond acceptors (Lipinski definition) is 3. The monoisotopic (exact) mass is 248 g/mol. The molecule has 2 fully saturated rings. The Morgan fingerprint density at radius 1 is 1.31 bits per heavy atom. The summed E-state index contributed by atoms with van der Waals surface area (Å²) in [5.74, 6) is 0.320. The van der Waals surface area contributed by atoms with Gasteiger partial charge in [0.1, 0.15) is 0 Å². The van der Waals surface area contributed by atoms with Crippen LogP contribution in [-0.2, 0) is 9.53 Å². The summed E-state index contributed by atoms with van der Waals surface area (Å²) in [5, 5.41) is 3.06. The van der Waals surface area contributed by atoms with Crippen LogP contribution in [0.1, 0.15) is 32.1 Å². The lowest BCUT2D eigenvalue weighted by Gasteiger charge is -2.24. The van der Waals surface area contributed by atoms with Crippen molar-refractivity contribution in [3.8, 4) is 0 Å². The van der Waals surface area contributed by atoms with Crippen LogP contribution in [0.3, 0.4) is 0 Å². The molecule has 3 atom stereocenters. The van der Waals surface area contributed by atoms with E-state index in [1.54, 1.807) is 0 Å². The van der Waals surface area contributed by atoms with Gasteiger partial charge in [-0.25, -0.2) is 0 Å². The van der Waals surface area contributed by atoms with Crippen molar-refractivity contribution in [3.05, 3.63) is 0 Å². The maximum absolute atomic E-state index is 11.8. The lowest BCUT2D eigenvalue weighted by Crippen LogP contribution is -2.43. The molecular weight excluding hydrogens is 228 g/mol. The molecule has 4 nitrogen and oxygen atoms in total. The second kappa shape index (κ2) is 6.42. The minimum Gasteiger partial charge on any atom is -0.379 e.